The largest absolute Gasteiger partial charge is 0.139 e. The molecule has 190 valence electrons. The van der Waals surface area contributed by atoms with Crippen LogP contribution in [-0.2, 0) is 0 Å². The molecule has 0 heterocycles. The first-order chi connectivity index (χ1) is 20.2. The van der Waals surface area contributed by atoms with E-state index in [1.165, 1.54) is 109 Å². The van der Waals surface area contributed by atoms with Crippen LogP contribution < -0.4 is 43.7 Å². The molecule has 7 aromatic rings. The van der Waals surface area contributed by atoms with Crippen LogP contribution in [-0.4, -0.2) is 62.8 Å². The summed E-state index contributed by atoms with van der Waals surface area (Å²) in [7, 11) is 18.6. The van der Waals surface area contributed by atoms with Crippen molar-refractivity contribution >= 4 is 150 Å². The van der Waals surface area contributed by atoms with Crippen molar-refractivity contribution in [2.45, 2.75) is 0 Å². The molecule has 0 aliphatic heterocycles. The summed E-state index contributed by atoms with van der Waals surface area (Å²) in [5.41, 5.74) is 16.5. The van der Waals surface area contributed by atoms with Crippen LogP contribution in [0.15, 0.2) is 84.9 Å². The predicted octanol–water partition coefficient (Wildman–Crippen LogP) is -4.30. The van der Waals surface area contributed by atoms with Crippen molar-refractivity contribution in [1.29, 1.82) is 0 Å². The highest BCUT2D eigenvalue weighted by molar-refractivity contribution is 6.71. The van der Waals surface area contributed by atoms with E-state index in [1.807, 2.05) is 0 Å². The third kappa shape index (κ3) is 3.74. The molecule has 0 aromatic heterocycles. The lowest BCUT2D eigenvalue weighted by Crippen LogP contribution is -2.50. The monoisotopic (exact) mass is 526 g/mol. The van der Waals surface area contributed by atoms with Crippen molar-refractivity contribution < 1.29 is 0 Å². The Balaban J connectivity index is 1.85. The summed E-state index contributed by atoms with van der Waals surface area (Å²) in [5.74, 6) is 0. The van der Waals surface area contributed by atoms with Gasteiger partial charge in [-0.1, -0.05) is 101 Å². The van der Waals surface area contributed by atoms with E-state index in [-0.39, 0.29) is 0 Å². The molecule has 0 aliphatic rings. The minimum absolute atomic E-state index is 1.28. The maximum absolute atomic E-state index is 2.41. The molecule has 0 radical (unpaired) electrons. The summed E-state index contributed by atoms with van der Waals surface area (Å²) < 4.78 is 0. The summed E-state index contributed by atoms with van der Waals surface area (Å²) in [6, 6.07) is 31.5. The molecule has 0 aliphatic carbocycles. The smallest absolute Gasteiger partial charge is 0.101 e. The van der Waals surface area contributed by atoms with E-state index in [1.54, 1.807) is 0 Å². The predicted molar refractivity (Wildman–Crippen MR) is 213 cm³/mol. The van der Waals surface area contributed by atoms with Crippen LogP contribution >= 0.6 is 0 Å². The van der Waals surface area contributed by atoms with Crippen LogP contribution in [0.25, 0.3) is 65.3 Å². The summed E-state index contributed by atoms with van der Waals surface area (Å²) in [6.07, 6.45) is 0. The third-order valence-corrected chi connectivity index (χ3v) is 10.5. The SMILES string of the molecule is Bc1c(B)c(B)c2c(-c3cccc4ccccc34)c3c(B)c(B)c(B)c(B)c3c(-c3ccc4ccccc4c3)c2c1B. The van der Waals surface area contributed by atoms with E-state index in [0.29, 0.717) is 0 Å². The summed E-state index contributed by atoms with van der Waals surface area (Å²) in [4.78, 5) is 0. The van der Waals surface area contributed by atoms with Gasteiger partial charge in [0.05, 0.1) is 0 Å². The van der Waals surface area contributed by atoms with Gasteiger partial charge in [0, 0.05) is 0 Å². The van der Waals surface area contributed by atoms with E-state index >= 15 is 0 Å². The van der Waals surface area contributed by atoms with E-state index in [2.05, 4.69) is 148 Å². The number of rotatable bonds is 2. The normalized spacial score (nSPS) is 11.6. The lowest BCUT2D eigenvalue weighted by Gasteiger charge is -2.28. The molecule has 0 spiro atoms. The maximum atomic E-state index is 2.41. The molecule has 0 amide bonds. The zero-order chi connectivity index (χ0) is 29.4. The highest BCUT2D eigenvalue weighted by atomic mass is 14.2. The quantitative estimate of drug-likeness (QED) is 0.159. The van der Waals surface area contributed by atoms with E-state index in [0.717, 1.165) is 0 Å². The number of benzene rings is 7. The Labute approximate surface area is 255 Å². The first-order valence-corrected chi connectivity index (χ1v) is 15.1. The van der Waals surface area contributed by atoms with E-state index in [9.17, 15) is 0 Å². The van der Waals surface area contributed by atoms with Crippen LogP contribution in [0.1, 0.15) is 0 Å². The van der Waals surface area contributed by atoms with Gasteiger partial charge in [-0.2, -0.15) is 0 Å². The topological polar surface area (TPSA) is 0 Å². The maximum Gasteiger partial charge on any atom is 0.139 e. The Bertz CT molecular complexity index is 2200. The first kappa shape index (κ1) is 27.0. The molecule has 0 N–H and O–H groups in total. The van der Waals surface area contributed by atoms with Gasteiger partial charge in [0.1, 0.15) is 62.8 Å². The standard InChI is InChI=1S/C34H30B8/c35-27-23-21(18-13-12-15-6-1-2-8-17(15)14-18)24-26(30(38)34(42)32(40)28(24)36)22(25(23)29(37)33(41)31(27)39)20-11-5-9-16-7-3-4-10-19(16)20/h1-14H,35-42H2. The zero-order valence-electron chi connectivity index (χ0n) is 26.1. The summed E-state index contributed by atoms with van der Waals surface area (Å²) >= 11 is 0. The molecule has 0 nitrogen and oxygen atoms in total. The van der Waals surface area contributed by atoms with Crippen LogP contribution in [0.5, 0.6) is 0 Å². The van der Waals surface area contributed by atoms with Crippen molar-refractivity contribution in [2.24, 2.45) is 0 Å². The molecule has 0 fully saturated rings. The van der Waals surface area contributed by atoms with Crippen molar-refractivity contribution in [1.82, 2.24) is 0 Å². The number of hydrogen-bond donors (Lipinski definition) is 0. The van der Waals surface area contributed by atoms with Crippen LogP contribution in [0.3, 0.4) is 0 Å². The van der Waals surface area contributed by atoms with Crippen LogP contribution in [0.4, 0.5) is 0 Å². The average Bonchev–Trinajstić information content (AvgIpc) is 3.02. The fourth-order valence-electron chi connectivity index (χ4n) is 7.47. The molecule has 42 heavy (non-hydrogen) atoms. The van der Waals surface area contributed by atoms with Gasteiger partial charge >= 0.3 is 0 Å². The highest BCUT2D eigenvalue weighted by Gasteiger charge is 2.25. The van der Waals surface area contributed by atoms with Crippen molar-refractivity contribution in [3.8, 4) is 22.3 Å². The van der Waals surface area contributed by atoms with Gasteiger partial charge in [0.2, 0.25) is 0 Å². The lowest BCUT2D eigenvalue weighted by atomic mass is 9.59. The third-order valence-electron chi connectivity index (χ3n) is 10.5. The fraction of sp³-hybridized carbons (Fsp3) is 0. The average molecular weight is 525 g/mol. The van der Waals surface area contributed by atoms with Crippen LogP contribution in [0, 0.1) is 0 Å². The molecule has 7 rings (SSSR count). The van der Waals surface area contributed by atoms with Gasteiger partial charge < -0.3 is 0 Å². The second-order valence-electron chi connectivity index (χ2n) is 12.3. The van der Waals surface area contributed by atoms with Gasteiger partial charge in [0.25, 0.3) is 0 Å². The molecule has 0 unspecified atom stereocenters. The lowest BCUT2D eigenvalue weighted by molar-refractivity contribution is 1.72. The second-order valence-corrected chi connectivity index (χ2v) is 12.3. The van der Waals surface area contributed by atoms with Gasteiger partial charge in [-0.3, -0.25) is 0 Å². The van der Waals surface area contributed by atoms with E-state index < -0.39 is 0 Å². The van der Waals surface area contributed by atoms with Crippen molar-refractivity contribution in [2.75, 3.05) is 0 Å². The first-order valence-electron chi connectivity index (χ1n) is 15.1. The minimum Gasteiger partial charge on any atom is -0.101 e. The molecule has 0 bridgehead atoms. The Morgan fingerprint density at radius 2 is 0.786 bits per heavy atom. The summed E-state index contributed by atoms with van der Waals surface area (Å²) in [5, 5.41) is 10.7. The Morgan fingerprint density at radius 1 is 0.333 bits per heavy atom. The summed E-state index contributed by atoms with van der Waals surface area (Å²) in [6.45, 7) is 0. The molecule has 7 aromatic carbocycles. The number of hydrogen-bond acceptors (Lipinski definition) is 0. The second kappa shape index (κ2) is 9.84. The molecular weight excluding hydrogens is 495 g/mol. The molecular formula is C34H30B8. The Morgan fingerprint density at radius 3 is 1.36 bits per heavy atom. The zero-order valence-corrected chi connectivity index (χ0v) is 26.1. The molecule has 8 heteroatoms. The van der Waals surface area contributed by atoms with Gasteiger partial charge in [0.15, 0.2) is 0 Å². The Kier molecular flexibility index (Phi) is 6.32. The van der Waals surface area contributed by atoms with Crippen molar-refractivity contribution in [3.05, 3.63) is 84.9 Å². The number of fused-ring (bicyclic) bond motifs is 4. The molecule has 0 atom stereocenters. The minimum atomic E-state index is 1.28. The highest BCUT2D eigenvalue weighted by Crippen LogP contribution is 2.43. The van der Waals surface area contributed by atoms with Gasteiger partial charge in [-0.25, -0.2) is 0 Å². The molecule has 0 saturated heterocycles. The fourth-order valence-corrected chi connectivity index (χ4v) is 7.47. The van der Waals surface area contributed by atoms with Crippen molar-refractivity contribution in [3.63, 3.8) is 0 Å². The van der Waals surface area contributed by atoms with E-state index in [4.69, 9.17) is 0 Å². The van der Waals surface area contributed by atoms with Gasteiger partial charge in [-0.15, -0.1) is 21.9 Å². The van der Waals surface area contributed by atoms with Gasteiger partial charge in [-0.05, 0) is 71.4 Å². The Hall–Kier alpha value is -3.90. The van der Waals surface area contributed by atoms with Crippen LogP contribution in [0.2, 0.25) is 0 Å². The molecule has 0 saturated carbocycles.